The molecular weight excluding hydrogens is 1850 g/mol. The van der Waals surface area contributed by atoms with E-state index < -0.39 is 51.6 Å². The van der Waals surface area contributed by atoms with Gasteiger partial charge in [0.25, 0.3) is 16.7 Å². The highest BCUT2D eigenvalue weighted by atomic mass is 35.5. The van der Waals surface area contributed by atoms with E-state index in [-0.39, 0.29) is 173 Å². The molecule has 35 heteroatoms. The number of carbonyl (C=O) groups excluding carboxylic acids is 3. The molecular formula is C108H109ClF5N19O10. The van der Waals surface area contributed by atoms with Gasteiger partial charge in [0, 0.05) is 154 Å². The Kier molecular flexibility index (Phi) is 24.4. The first kappa shape index (κ1) is 96.6. The Bertz CT molecular complexity index is 8160. The largest absolute Gasteiger partial charge is 0.484 e. The number of hydrogen-bond acceptors (Lipinski definition) is 17. The molecule has 0 aliphatic carbocycles. The van der Waals surface area contributed by atoms with Crippen LogP contribution in [0.2, 0.25) is 5.02 Å². The van der Waals surface area contributed by atoms with Crippen molar-refractivity contribution < 1.29 is 41.1 Å². The summed E-state index contributed by atoms with van der Waals surface area (Å²) in [7, 11) is 4.72. The summed E-state index contributed by atoms with van der Waals surface area (Å²) in [5.74, 6) is -5.19. The van der Waals surface area contributed by atoms with E-state index in [4.69, 9.17) is 16.3 Å². The predicted molar refractivity (Wildman–Crippen MR) is 550 cm³/mol. The van der Waals surface area contributed by atoms with Gasteiger partial charge in [-0.25, -0.2) is 36.3 Å². The highest BCUT2D eigenvalue weighted by Crippen LogP contribution is 2.52. The van der Waals surface area contributed by atoms with E-state index in [0.29, 0.717) is 163 Å². The zero-order chi connectivity index (χ0) is 102. The molecule has 21 rings (SSSR count). The lowest BCUT2D eigenvalue weighted by molar-refractivity contribution is -0.129. The normalized spacial score (nSPS) is 17.5. The number of nitrogens with one attached hydrogen (secondary N) is 4. The molecule has 0 bridgehead atoms. The highest BCUT2D eigenvalue weighted by Gasteiger charge is 2.47. The molecule has 0 spiro atoms. The second kappa shape index (κ2) is 36.1. The summed E-state index contributed by atoms with van der Waals surface area (Å²) < 4.78 is 101. The fourth-order valence-electron chi connectivity index (χ4n) is 22.6. The van der Waals surface area contributed by atoms with E-state index in [0.717, 1.165) is 11.1 Å². The van der Waals surface area contributed by atoms with Gasteiger partial charge in [-0.05, 0) is 186 Å². The number of aromatic nitrogens is 12. The maximum atomic E-state index is 17.8. The first-order valence-electron chi connectivity index (χ1n) is 47.8. The van der Waals surface area contributed by atoms with E-state index in [9.17, 15) is 43.2 Å². The first-order valence-corrected chi connectivity index (χ1v) is 48.1. The number of hydrogen-bond donors (Lipinski definition) is 4. The van der Waals surface area contributed by atoms with Gasteiger partial charge in [-0.1, -0.05) is 91.1 Å². The van der Waals surface area contributed by atoms with Crippen molar-refractivity contribution >= 4 is 118 Å². The number of aromatic amines is 3. The molecule has 6 aliphatic rings. The fourth-order valence-corrected chi connectivity index (χ4v) is 22.9. The molecule has 9 aromatic heterocycles. The Labute approximate surface area is 822 Å². The molecule has 0 radical (unpaired) electrons. The molecule has 3 fully saturated rings. The number of pyridine rings is 6. The lowest BCUT2D eigenvalue weighted by atomic mass is 9.93. The Morgan fingerprint density at radius 2 is 0.769 bits per heavy atom. The topological polar surface area (TPSA) is 310 Å². The van der Waals surface area contributed by atoms with Gasteiger partial charge >= 0.3 is 17.1 Å². The van der Waals surface area contributed by atoms with Crippen molar-refractivity contribution in [3.05, 3.63) is 282 Å². The molecule has 6 aliphatic heterocycles. The van der Waals surface area contributed by atoms with Crippen LogP contribution in [0.3, 0.4) is 0 Å². The number of benzene rings is 6. The Morgan fingerprint density at radius 3 is 1.17 bits per heavy atom. The fraction of sp³-hybridized carbons (Fsp3) is 0.333. The molecule has 15 heterocycles. The van der Waals surface area contributed by atoms with Gasteiger partial charge in [0.1, 0.15) is 23.9 Å². The molecule has 143 heavy (non-hydrogen) atoms. The summed E-state index contributed by atoms with van der Waals surface area (Å²) in [6, 6.07) is 18.5. The summed E-state index contributed by atoms with van der Waals surface area (Å²) in [6.45, 7) is 41.8. The quantitative estimate of drug-likeness (QED) is 0.0652. The minimum atomic E-state index is -0.956. The second-order valence-electron chi connectivity index (χ2n) is 39.4. The second-order valence-corrected chi connectivity index (χ2v) is 39.8. The van der Waals surface area contributed by atoms with Crippen LogP contribution in [0.1, 0.15) is 136 Å². The zero-order valence-electron chi connectivity index (χ0n) is 82.6. The first-order chi connectivity index (χ1) is 68.0. The summed E-state index contributed by atoms with van der Waals surface area (Å²) in [4.78, 5) is 154. The van der Waals surface area contributed by atoms with Gasteiger partial charge in [0.05, 0.1) is 135 Å². The number of halogens is 6. The van der Waals surface area contributed by atoms with Crippen LogP contribution in [-0.4, -0.2) is 178 Å². The van der Waals surface area contributed by atoms with Crippen LogP contribution in [0.5, 0.6) is 5.75 Å². The number of imidazole rings is 3. The molecule has 6 atom stereocenters. The smallest absolute Gasteiger partial charge is 0.326 e. The van der Waals surface area contributed by atoms with Crippen molar-refractivity contribution in [2.45, 2.75) is 164 Å². The van der Waals surface area contributed by atoms with Crippen molar-refractivity contribution in [3.8, 4) is 56.2 Å². The molecule has 15 aromatic rings. The molecule has 6 unspecified atom stereocenters. The van der Waals surface area contributed by atoms with Crippen LogP contribution in [0.4, 0.5) is 44.7 Å². The number of piperazine rings is 3. The number of fused-ring (bicyclic) bond motifs is 18. The maximum absolute atomic E-state index is 17.8. The number of rotatable bonds is 12. The third-order valence-electron chi connectivity index (χ3n) is 29.5. The van der Waals surface area contributed by atoms with Crippen LogP contribution in [0.25, 0.3) is 116 Å². The summed E-state index contributed by atoms with van der Waals surface area (Å²) in [5.41, 5.74) is 9.45. The average molecular weight is 1960 g/mol. The number of aryl methyl sites for hydroxylation is 9. The van der Waals surface area contributed by atoms with Crippen LogP contribution < -0.4 is 58.5 Å². The number of ether oxygens (including phenoxy) is 1. The van der Waals surface area contributed by atoms with Gasteiger partial charge in [0.15, 0.2) is 17.5 Å². The lowest BCUT2D eigenvalue weighted by Crippen LogP contribution is -2.62. The van der Waals surface area contributed by atoms with Crippen LogP contribution in [0.15, 0.2) is 158 Å². The minimum Gasteiger partial charge on any atom is -0.484 e. The van der Waals surface area contributed by atoms with E-state index >= 15 is 22.0 Å². The molecule has 3 amide bonds. The number of amides is 3. The number of anilines is 4. The van der Waals surface area contributed by atoms with E-state index in [1.165, 1.54) is 64.8 Å². The van der Waals surface area contributed by atoms with Crippen molar-refractivity contribution in [1.82, 2.24) is 72.0 Å². The SMILES string of the molecule is C=CC(=O)N1CC2CNc3c(c4cc(F)c(-c5c(C)ccc6[nH]c(=O)n(C)c56)c(F)c4n(-c4c(C)ccnc4C(C)C)c3=O)N2CC1C.C=CC(=O)N1CC2COc3c(c4cc(F)c(-c5c(C)ccc6[nH]c(=O)n(C)c56)c(F)c4n(-c4c(C)ccnc4C(C)C)c3=O)N2CC1C.C=CC(=O)N1CC2Cc3c(c4cc(Cl)c(-c5c(C)ccc6[nH]c(=O)n(C)c56)c(F)c4n(-c4c(C)ccnc4C(C)C)c3=O)N2CC1C. The summed E-state index contributed by atoms with van der Waals surface area (Å²) >= 11 is 7.09. The molecule has 29 nitrogen and oxygen atoms in total. The van der Waals surface area contributed by atoms with Crippen molar-refractivity contribution in [3.63, 3.8) is 0 Å². The monoisotopic (exact) mass is 1960 g/mol. The Balaban J connectivity index is 0.000000136. The third kappa shape index (κ3) is 15.1. The predicted octanol–water partition coefficient (Wildman–Crippen LogP) is 16.4. The van der Waals surface area contributed by atoms with Crippen LogP contribution >= 0.6 is 11.6 Å². The van der Waals surface area contributed by atoms with Gasteiger partial charge in [-0.15, -0.1) is 0 Å². The van der Waals surface area contributed by atoms with Gasteiger partial charge in [-0.3, -0.25) is 71.1 Å². The van der Waals surface area contributed by atoms with Crippen molar-refractivity contribution in [2.24, 2.45) is 21.1 Å². The maximum Gasteiger partial charge on any atom is 0.326 e. The van der Waals surface area contributed by atoms with Crippen LogP contribution in [0, 0.1) is 70.6 Å². The van der Waals surface area contributed by atoms with Gasteiger partial charge in [0.2, 0.25) is 23.5 Å². The molecule has 0 saturated carbocycles. The number of carbonyl (C=O) groups is 3. The molecule has 3 saturated heterocycles. The van der Waals surface area contributed by atoms with Gasteiger partial charge in [-0.2, -0.15) is 0 Å². The van der Waals surface area contributed by atoms with E-state index in [1.807, 2.05) is 112 Å². The van der Waals surface area contributed by atoms with E-state index in [1.54, 1.807) is 110 Å². The minimum absolute atomic E-state index is 0.0229. The van der Waals surface area contributed by atoms with Crippen molar-refractivity contribution in [1.29, 1.82) is 0 Å². The standard InChI is InChI=1S/C36H36ClFN6O3.C36H37F2N7O3.C36H36F2N6O4/c1-8-26(45)42-16-21-13-23-32(43(21)15-20(42)6)22-14-24(37)28(27-18(4)9-10-25-34(27)41(7)36(47)40-25)29(38)33(22)44(35(23)46)31-19(5)11-12-39-30(31)17(2)3;1-8-25(46)43-16-21-14-40-30-33(44(21)15-20(43)6)22-13-23(37)27(26-18(4)9-10-24-34(26)42(7)36(48)41-24)28(38)32(22)45(35(30)47)31-19(5)11-12-39-29(31)17(2)3;1-8-25(45)42-15-21-16-48-34-32(43(21)14-20(42)6)22-13-23(37)27(26-18(4)9-10-24-33(26)41(7)36(47)40-24)28(38)31(22)44(35(34)46)30-19(5)11-12-39-29(30)17(2)3/h8-12,14,17,20-21H,1,13,15-16H2,2-7H3,(H,40,47);8-13,17,20-21,40H,1,14-16H2,2-7H3,(H,41,48);8-13,17,20-21H,1,14-16H2,2-7H3,(H,40,47). The zero-order valence-corrected chi connectivity index (χ0v) is 83.4. The number of nitrogens with zero attached hydrogens (tertiary/aromatic N) is 15. The van der Waals surface area contributed by atoms with Crippen molar-refractivity contribution in [2.75, 3.05) is 72.4 Å². The average Bonchev–Trinajstić information content (AvgIpc) is 1.70. The highest BCUT2D eigenvalue weighted by molar-refractivity contribution is 6.35. The molecule has 4 N–H and O–H groups in total. The Hall–Kier alpha value is -15.2. The van der Waals surface area contributed by atoms with E-state index in [2.05, 4.69) is 59.9 Å². The van der Waals surface area contributed by atoms with Gasteiger partial charge < -0.3 is 54.4 Å². The number of H-pyrrole nitrogens is 3. The third-order valence-corrected chi connectivity index (χ3v) is 29.8. The summed E-state index contributed by atoms with van der Waals surface area (Å²) in [5, 5.41) is 4.30. The molecule has 738 valence electrons. The summed E-state index contributed by atoms with van der Waals surface area (Å²) in [6.07, 6.45) is 9.25. The Morgan fingerprint density at radius 1 is 0.420 bits per heavy atom. The van der Waals surface area contributed by atoms with Crippen LogP contribution in [-0.2, 0) is 41.9 Å². The lowest BCUT2D eigenvalue weighted by Gasteiger charge is -2.49. The molecule has 6 aromatic carbocycles.